The molecule has 0 radical (unpaired) electrons. The Morgan fingerprint density at radius 1 is 1.24 bits per heavy atom. The molecule has 0 saturated carbocycles. The van der Waals surface area contributed by atoms with Crippen LogP contribution in [0.3, 0.4) is 0 Å². The van der Waals surface area contributed by atoms with Gasteiger partial charge in [0.1, 0.15) is 5.58 Å². The average molecular weight is 252 g/mol. The van der Waals surface area contributed by atoms with Gasteiger partial charge in [-0.1, -0.05) is 11.6 Å². The summed E-state index contributed by atoms with van der Waals surface area (Å²) in [6.07, 6.45) is 1.83. The summed E-state index contributed by atoms with van der Waals surface area (Å²) in [4.78, 5) is 2.37. The van der Waals surface area contributed by atoms with Gasteiger partial charge in [-0.25, -0.2) is 0 Å². The molecule has 1 aromatic heterocycles. The molecule has 1 aliphatic heterocycles. The van der Waals surface area contributed by atoms with Crippen LogP contribution in [0.5, 0.6) is 0 Å². The van der Waals surface area contributed by atoms with Gasteiger partial charge < -0.3 is 9.15 Å². The van der Waals surface area contributed by atoms with Gasteiger partial charge >= 0.3 is 0 Å². The summed E-state index contributed by atoms with van der Waals surface area (Å²) in [6.45, 7) is 4.49. The number of benzene rings is 1. The van der Waals surface area contributed by atoms with Crippen molar-refractivity contribution in [3.63, 3.8) is 0 Å². The van der Waals surface area contributed by atoms with Crippen molar-refractivity contribution < 1.29 is 9.15 Å². The molecule has 0 aliphatic carbocycles. The van der Waals surface area contributed by atoms with Crippen LogP contribution < -0.4 is 0 Å². The van der Waals surface area contributed by atoms with Crippen molar-refractivity contribution in [3.05, 3.63) is 35.0 Å². The van der Waals surface area contributed by atoms with Gasteiger partial charge in [0.25, 0.3) is 0 Å². The Hall–Kier alpha value is -1.03. The highest BCUT2D eigenvalue weighted by Gasteiger charge is 2.14. The Balaban J connectivity index is 1.86. The summed E-state index contributed by atoms with van der Waals surface area (Å²) < 4.78 is 10.9. The third-order valence-electron chi connectivity index (χ3n) is 3.11. The quantitative estimate of drug-likeness (QED) is 0.821. The van der Waals surface area contributed by atoms with E-state index < -0.39 is 0 Å². The molecule has 1 aromatic carbocycles. The van der Waals surface area contributed by atoms with Crippen LogP contribution in [-0.2, 0) is 11.3 Å². The van der Waals surface area contributed by atoms with Gasteiger partial charge in [-0.3, -0.25) is 4.90 Å². The number of hydrogen-bond donors (Lipinski definition) is 0. The van der Waals surface area contributed by atoms with Crippen molar-refractivity contribution in [2.75, 3.05) is 26.3 Å². The van der Waals surface area contributed by atoms with Crippen LogP contribution in [0, 0.1) is 0 Å². The Labute approximate surface area is 105 Å². The number of furan rings is 1. The third kappa shape index (κ3) is 2.32. The zero-order valence-electron chi connectivity index (χ0n) is 9.49. The fraction of sp³-hybridized carbons (Fsp3) is 0.385. The van der Waals surface area contributed by atoms with Gasteiger partial charge in [-0.2, -0.15) is 0 Å². The highest BCUT2D eigenvalue weighted by molar-refractivity contribution is 6.31. The normalized spacial score (nSPS) is 17.7. The lowest BCUT2D eigenvalue weighted by molar-refractivity contribution is 0.0342. The number of hydrogen-bond acceptors (Lipinski definition) is 3. The first-order chi connectivity index (χ1) is 8.33. The van der Waals surface area contributed by atoms with E-state index >= 15 is 0 Å². The standard InChI is InChI=1S/C13H14ClNO2/c14-11-1-2-13-12(7-11)10(9-17-13)8-15-3-5-16-6-4-15/h1-2,7,9H,3-6,8H2. The smallest absolute Gasteiger partial charge is 0.134 e. The second-order valence-corrected chi connectivity index (χ2v) is 4.73. The maximum Gasteiger partial charge on any atom is 0.134 e. The molecule has 0 atom stereocenters. The molecule has 1 aliphatic rings. The highest BCUT2D eigenvalue weighted by Crippen LogP contribution is 2.25. The molecular formula is C13H14ClNO2. The SMILES string of the molecule is Clc1ccc2occ(CN3CCOCC3)c2c1. The monoisotopic (exact) mass is 251 g/mol. The Kier molecular flexibility index (Phi) is 3.05. The van der Waals surface area contributed by atoms with Crippen LogP contribution in [0.15, 0.2) is 28.9 Å². The first kappa shape index (κ1) is 11.1. The van der Waals surface area contributed by atoms with Gasteiger partial charge in [0.2, 0.25) is 0 Å². The largest absolute Gasteiger partial charge is 0.464 e. The topological polar surface area (TPSA) is 25.6 Å². The van der Waals surface area contributed by atoms with Crippen molar-refractivity contribution in [1.82, 2.24) is 4.90 Å². The lowest BCUT2D eigenvalue weighted by Gasteiger charge is -2.26. The molecule has 1 saturated heterocycles. The van der Waals surface area contributed by atoms with E-state index in [1.807, 2.05) is 24.5 Å². The molecule has 2 aromatic rings. The fourth-order valence-corrected chi connectivity index (χ4v) is 2.35. The number of nitrogens with zero attached hydrogens (tertiary/aromatic N) is 1. The minimum absolute atomic E-state index is 0.752. The molecule has 1 fully saturated rings. The number of ether oxygens (including phenoxy) is 1. The molecule has 17 heavy (non-hydrogen) atoms. The lowest BCUT2D eigenvalue weighted by Crippen LogP contribution is -2.35. The maximum absolute atomic E-state index is 6.02. The van der Waals surface area contributed by atoms with E-state index in [9.17, 15) is 0 Å². The van der Waals surface area contributed by atoms with Crippen molar-refractivity contribution in [3.8, 4) is 0 Å². The summed E-state index contributed by atoms with van der Waals surface area (Å²) in [5, 5.41) is 1.87. The first-order valence-corrected chi connectivity index (χ1v) is 6.16. The fourth-order valence-electron chi connectivity index (χ4n) is 2.18. The second kappa shape index (κ2) is 4.69. The lowest BCUT2D eigenvalue weighted by atomic mass is 10.1. The van der Waals surface area contributed by atoms with Crippen LogP contribution >= 0.6 is 11.6 Å². The minimum atomic E-state index is 0.752. The van der Waals surface area contributed by atoms with Gasteiger partial charge in [0.05, 0.1) is 19.5 Å². The third-order valence-corrected chi connectivity index (χ3v) is 3.35. The highest BCUT2D eigenvalue weighted by atomic mass is 35.5. The molecule has 3 nitrogen and oxygen atoms in total. The Morgan fingerprint density at radius 3 is 2.88 bits per heavy atom. The van der Waals surface area contributed by atoms with Crippen molar-refractivity contribution in [1.29, 1.82) is 0 Å². The molecule has 90 valence electrons. The summed E-state index contributed by atoms with van der Waals surface area (Å²) in [7, 11) is 0. The summed E-state index contributed by atoms with van der Waals surface area (Å²) in [6, 6.07) is 5.74. The minimum Gasteiger partial charge on any atom is -0.464 e. The van der Waals surface area contributed by atoms with E-state index in [4.69, 9.17) is 20.8 Å². The van der Waals surface area contributed by atoms with Gasteiger partial charge in [0.15, 0.2) is 0 Å². The van der Waals surface area contributed by atoms with E-state index in [1.165, 1.54) is 5.56 Å². The van der Waals surface area contributed by atoms with Gasteiger partial charge in [0, 0.05) is 35.6 Å². The predicted molar refractivity (Wildman–Crippen MR) is 67.3 cm³/mol. The summed E-state index contributed by atoms with van der Waals surface area (Å²) in [5.74, 6) is 0. The predicted octanol–water partition coefficient (Wildman–Crippen LogP) is 2.92. The molecule has 0 unspecified atom stereocenters. The van der Waals surface area contributed by atoms with Gasteiger partial charge in [-0.15, -0.1) is 0 Å². The molecular weight excluding hydrogens is 238 g/mol. The van der Waals surface area contributed by atoms with E-state index in [1.54, 1.807) is 0 Å². The molecule has 0 N–H and O–H groups in total. The van der Waals surface area contributed by atoms with Crippen LogP contribution in [0.2, 0.25) is 5.02 Å². The molecule has 2 heterocycles. The number of morpholine rings is 1. The van der Waals surface area contributed by atoms with Gasteiger partial charge in [-0.05, 0) is 18.2 Å². The van der Waals surface area contributed by atoms with E-state index in [-0.39, 0.29) is 0 Å². The molecule has 4 heteroatoms. The van der Waals surface area contributed by atoms with Crippen molar-refractivity contribution >= 4 is 22.6 Å². The zero-order valence-corrected chi connectivity index (χ0v) is 10.2. The van der Waals surface area contributed by atoms with Crippen LogP contribution in [0.4, 0.5) is 0 Å². The van der Waals surface area contributed by atoms with Crippen LogP contribution in [0.1, 0.15) is 5.56 Å². The van der Waals surface area contributed by atoms with Crippen molar-refractivity contribution in [2.45, 2.75) is 6.54 Å². The molecule has 0 amide bonds. The van der Waals surface area contributed by atoms with Crippen LogP contribution in [0.25, 0.3) is 11.0 Å². The van der Waals surface area contributed by atoms with E-state index in [2.05, 4.69) is 4.90 Å². The Morgan fingerprint density at radius 2 is 2.06 bits per heavy atom. The molecule has 0 spiro atoms. The Bertz CT molecular complexity index is 517. The molecule has 3 rings (SSSR count). The van der Waals surface area contributed by atoms with Crippen molar-refractivity contribution in [2.24, 2.45) is 0 Å². The zero-order chi connectivity index (χ0) is 11.7. The average Bonchev–Trinajstić information content (AvgIpc) is 2.73. The number of halogens is 1. The number of fused-ring (bicyclic) bond motifs is 1. The van der Waals surface area contributed by atoms with E-state index in [0.29, 0.717) is 0 Å². The van der Waals surface area contributed by atoms with E-state index in [0.717, 1.165) is 48.8 Å². The maximum atomic E-state index is 6.02. The summed E-state index contributed by atoms with van der Waals surface area (Å²) in [5.41, 5.74) is 2.10. The second-order valence-electron chi connectivity index (χ2n) is 4.29. The number of rotatable bonds is 2. The molecule has 0 bridgehead atoms. The summed E-state index contributed by atoms with van der Waals surface area (Å²) >= 11 is 6.02. The van der Waals surface area contributed by atoms with Crippen LogP contribution in [-0.4, -0.2) is 31.2 Å². The first-order valence-electron chi connectivity index (χ1n) is 5.79.